The van der Waals surface area contributed by atoms with Gasteiger partial charge in [0.2, 0.25) is 0 Å². The van der Waals surface area contributed by atoms with Gasteiger partial charge in [0.25, 0.3) is 0 Å². The second kappa shape index (κ2) is 16.3. The van der Waals surface area contributed by atoms with Gasteiger partial charge < -0.3 is 19.0 Å². The van der Waals surface area contributed by atoms with Crippen molar-refractivity contribution in [1.29, 1.82) is 0 Å². The van der Waals surface area contributed by atoms with Crippen LogP contribution >= 0.6 is 0 Å². The van der Waals surface area contributed by atoms with Crippen LogP contribution in [0.15, 0.2) is 0 Å². The average Bonchev–Trinajstić information content (AvgIpc) is 1.37. The van der Waals surface area contributed by atoms with E-state index in [4.69, 9.17) is 0 Å². The zero-order valence-electron chi connectivity index (χ0n) is 4.21. The van der Waals surface area contributed by atoms with Crippen LogP contribution in [0, 0.1) is 6.55 Å². The summed E-state index contributed by atoms with van der Waals surface area (Å²) in [7, 11) is 0.174. The van der Waals surface area contributed by atoms with E-state index in [0.717, 1.165) is 0 Å². The summed E-state index contributed by atoms with van der Waals surface area (Å²) < 4.78 is 0. The van der Waals surface area contributed by atoms with Gasteiger partial charge in [-0.3, -0.25) is 0 Å². The van der Waals surface area contributed by atoms with Crippen molar-refractivity contribution in [2.75, 3.05) is 0 Å². The van der Waals surface area contributed by atoms with Crippen LogP contribution in [0.2, 0.25) is 6.04 Å². The van der Waals surface area contributed by atoms with Crippen LogP contribution in [0.5, 0.6) is 0 Å². The Morgan fingerprint density at radius 3 is 1.83 bits per heavy atom. The molecule has 0 aromatic carbocycles. The second-order valence-corrected chi connectivity index (χ2v) is 2.56. The standard InChI is InChI=1S/C3H9Si.ClH.Mg/c1-3-4-2;;/h2-4H2,1H3;1H;/q-1;;+2/p-1. The molecule has 0 aromatic rings. The summed E-state index contributed by atoms with van der Waals surface area (Å²) >= 11 is 0. The van der Waals surface area contributed by atoms with Crippen LogP contribution in [-0.2, 0) is 0 Å². The van der Waals surface area contributed by atoms with Crippen LogP contribution in [0.25, 0.3) is 0 Å². The van der Waals surface area contributed by atoms with Crippen LogP contribution in [-0.4, -0.2) is 32.6 Å². The first-order valence-corrected chi connectivity index (χ1v) is 3.71. The maximum absolute atomic E-state index is 3.74. The molecule has 0 fully saturated rings. The largest absolute Gasteiger partial charge is 2.00 e. The van der Waals surface area contributed by atoms with Gasteiger partial charge in [0.15, 0.2) is 0 Å². The molecule has 0 heterocycles. The third-order valence-corrected chi connectivity index (χ3v) is 1.06. The minimum absolute atomic E-state index is 0. The Kier molecular flexibility index (Phi) is 42.5. The molecule has 6 heavy (non-hydrogen) atoms. The van der Waals surface area contributed by atoms with Crippen molar-refractivity contribution in [2.45, 2.75) is 13.0 Å². The third kappa shape index (κ3) is 18.6. The van der Waals surface area contributed by atoms with E-state index in [9.17, 15) is 0 Å². The van der Waals surface area contributed by atoms with E-state index in [1.807, 2.05) is 0 Å². The van der Waals surface area contributed by atoms with Crippen LogP contribution in [0.4, 0.5) is 0 Å². The maximum atomic E-state index is 3.74. The quantitative estimate of drug-likeness (QED) is 0.264. The number of hydrogen-bond donors (Lipinski definition) is 0. The maximum Gasteiger partial charge on any atom is 2.00 e. The van der Waals surface area contributed by atoms with Gasteiger partial charge in [-0.15, -0.1) is 9.52 Å². The molecule has 0 atom stereocenters. The summed E-state index contributed by atoms with van der Waals surface area (Å²) in [5.74, 6) is 0. The van der Waals surface area contributed by atoms with Gasteiger partial charge in [-0.25, -0.2) is 0 Å². The van der Waals surface area contributed by atoms with Gasteiger partial charge >= 0.3 is 23.1 Å². The molecule has 0 radical (unpaired) electrons. The summed E-state index contributed by atoms with van der Waals surface area (Å²) in [6, 6.07) is 1.35. The topological polar surface area (TPSA) is 0 Å². The Hall–Kier alpha value is 1.27. The second-order valence-electron chi connectivity index (χ2n) is 0.854. The van der Waals surface area contributed by atoms with Crippen LogP contribution in [0.3, 0.4) is 0 Å². The van der Waals surface area contributed by atoms with Gasteiger partial charge in [-0.2, -0.15) is 0 Å². The predicted octanol–water partition coefficient (Wildman–Crippen LogP) is -2.99. The number of halogens is 1. The molecule has 34 valence electrons. The molecule has 3 heteroatoms. The van der Waals surface area contributed by atoms with E-state index >= 15 is 0 Å². The van der Waals surface area contributed by atoms with Crippen molar-refractivity contribution in [3.8, 4) is 0 Å². The molecule has 0 rings (SSSR count). The van der Waals surface area contributed by atoms with Crippen molar-refractivity contribution in [1.82, 2.24) is 0 Å². The van der Waals surface area contributed by atoms with E-state index in [1.54, 1.807) is 0 Å². The normalized spacial score (nSPS) is 7.00. The summed E-state index contributed by atoms with van der Waals surface area (Å²) in [5, 5.41) is 0. The molecule has 0 spiro atoms. The van der Waals surface area contributed by atoms with Gasteiger partial charge in [0.05, 0.1) is 0 Å². The molecule has 0 nitrogen and oxygen atoms in total. The Morgan fingerprint density at radius 1 is 1.67 bits per heavy atom. The number of hydrogen-bond acceptors (Lipinski definition) is 0. The van der Waals surface area contributed by atoms with Gasteiger partial charge in [-0.1, -0.05) is 13.0 Å². The number of rotatable bonds is 1. The van der Waals surface area contributed by atoms with Crippen LogP contribution < -0.4 is 12.4 Å². The first-order valence-electron chi connectivity index (χ1n) is 1.71. The van der Waals surface area contributed by atoms with Crippen LogP contribution in [0.1, 0.15) is 6.92 Å². The minimum atomic E-state index is 0. The summed E-state index contributed by atoms with van der Waals surface area (Å²) in [4.78, 5) is 0. The van der Waals surface area contributed by atoms with Crippen molar-refractivity contribution in [2.24, 2.45) is 0 Å². The zero-order valence-corrected chi connectivity index (χ0v) is 7.79. The van der Waals surface area contributed by atoms with Crippen molar-refractivity contribution in [3.05, 3.63) is 6.55 Å². The van der Waals surface area contributed by atoms with Gasteiger partial charge in [-0.05, 0) is 0 Å². The first kappa shape index (κ1) is 15.7. The molecule has 0 unspecified atom stereocenters. The molecule has 0 aliphatic rings. The van der Waals surface area contributed by atoms with E-state index in [1.165, 1.54) is 6.04 Å². The SMILES string of the molecule is [CH2-][SiH2]CC.[Cl-].[Mg+2]. The molecular weight excluding hydrogens is 124 g/mol. The minimum Gasteiger partial charge on any atom is -1.00 e. The molecule has 0 amide bonds. The molecule has 0 aliphatic heterocycles. The molecular formula is C3H9ClMgSi. The fraction of sp³-hybridized carbons (Fsp3) is 0.667. The fourth-order valence-corrected chi connectivity index (χ4v) is 0. The smallest absolute Gasteiger partial charge is 1.00 e. The Bertz CT molecular complexity index is 12.8. The van der Waals surface area contributed by atoms with Gasteiger partial charge in [0.1, 0.15) is 0 Å². The third-order valence-electron chi connectivity index (χ3n) is 0.354. The molecule has 0 bridgehead atoms. The average molecular weight is 133 g/mol. The molecule has 0 aliphatic carbocycles. The molecule has 0 saturated carbocycles. The zero-order chi connectivity index (χ0) is 3.41. The van der Waals surface area contributed by atoms with E-state index in [2.05, 4.69) is 13.5 Å². The predicted molar refractivity (Wildman–Crippen MR) is 30.1 cm³/mol. The summed E-state index contributed by atoms with van der Waals surface area (Å²) in [6.07, 6.45) is 0. The summed E-state index contributed by atoms with van der Waals surface area (Å²) in [5.41, 5.74) is 0. The first-order chi connectivity index (χ1) is 1.91. The molecule has 0 saturated heterocycles. The molecule has 0 aromatic heterocycles. The summed E-state index contributed by atoms with van der Waals surface area (Å²) in [6.45, 7) is 5.92. The van der Waals surface area contributed by atoms with Crippen molar-refractivity contribution in [3.63, 3.8) is 0 Å². The Balaban J connectivity index is -0.0000000450. The van der Waals surface area contributed by atoms with Crippen molar-refractivity contribution >= 4 is 32.6 Å². The van der Waals surface area contributed by atoms with Gasteiger partial charge in [0, 0.05) is 0 Å². The van der Waals surface area contributed by atoms with E-state index in [0.29, 0.717) is 0 Å². The van der Waals surface area contributed by atoms with E-state index in [-0.39, 0.29) is 45.0 Å². The Labute approximate surface area is 64.5 Å². The fourth-order valence-electron chi connectivity index (χ4n) is 0. The van der Waals surface area contributed by atoms with Crippen molar-refractivity contribution < 1.29 is 12.4 Å². The monoisotopic (exact) mass is 132 g/mol. The Morgan fingerprint density at radius 2 is 1.83 bits per heavy atom. The molecule has 0 N–H and O–H groups in total. The van der Waals surface area contributed by atoms with E-state index < -0.39 is 0 Å².